The number of carboxylic acid groups (broad SMARTS) is 1. The molecule has 0 aliphatic carbocycles. The number of hydrogen-bond donors (Lipinski definition) is 2. The number of amides is 1. The number of hydrogen-bond acceptors (Lipinski definition) is 3. The summed E-state index contributed by atoms with van der Waals surface area (Å²) < 4.78 is 1.71. The Morgan fingerprint density at radius 2 is 1.76 bits per heavy atom. The molecule has 0 saturated carbocycles. The molecule has 0 fully saturated rings. The zero-order valence-corrected chi connectivity index (χ0v) is 13.6. The van der Waals surface area contributed by atoms with Crippen molar-refractivity contribution in [3.8, 4) is 5.69 Å². The molecule has 1 amide bonds. The predicted octanol–water partition coefficient (Wildman–Crippen LogP) is 2.74. The summed E-state index contributed by atoms with van der Waals surface area (Å²) in [4.78, 5) is 23.9. The monoisotopic (exact) mass is 335 g/mol. The molecule has 126 valence electrons. The van der Waals surface area contributed by atoms with Crippen LogP contribution in [0.3, 0.4) is 0 Å². The van der Waals surface area contributed by atoms with Crippen LogP contribution in [0.25, 0.3) is 5.69 Å². The third-order valence-electron chi connectivity index (χ3n) is 3.76. The lowest BCUT2D eigenvalue weighted by Crippen LogP contribution is -2.33. The van der Waals surface area contributed by atoms with E-state index in [1.165, 1.54) is 0 Å². The summed E-state index contributed by atoms with van der Waals surface area (Å²) in [5.41, 5.74) is 2.76. The molecule has 1 atom stereocenters. The minimum absolute atomic E-state index is 0.384. The van der Waals surface area contributed by atoms with Crippen LogP contribution in [-0.4, -0.2) is 26.8 Å². The Bertz CT molecular complexity index is 886. The molecule has 0 saturated heterocycles. The molecule has 25 heavy (non-hydrogen) atoms. The first-order valence-corrected chi connectivity index (χ1v) is 7.75. The van der Waals surface area contributed by atoms with E-state index < -0.39 is 17.9 Å². The van der Waals surface area contributed by atoms with Crippen molar-refractivity contribution in [2.24, 2.45) is 0 Å². The van der Waals surface area contributed by atoms with E-state index >= 15 is 0 Å². The minimum Gasteiger partial charge on any atom is -0.479 e. The molecule has 0 radical (unpaired) electrons. The molecule has 6 heteroatoms. The number of nitrogens with zero attached hydrogens (tertiary/aromatic N) is 2. The van der Waals surface area contributed by atoms with Crippen LogP contribution in [0.5, 0.6) is 0 Å². The van der Waals surface area contributed by atoms with Gasteiger partial charge in [-0.05, 0) is 42.3 Å². The van der Waals surface area contributed by atoms with E-state index in [0.717, 1.165) is 11.3 Å². The van der Waals surface area contributed by atoms with Gasteiger partial charge in [0.05, 0.1) is 11.9 Å². The van der Waals surface area contributed by atoms with Crippen molar-refractivity contribution in [1.29, 1.82) is 0 Å². The fourth-order valence-corrected chi connectivity index (χ4v) is 2.47. The molecule has 3 aromatic rings. The third-order valence-corrected chi connectivity index (χ3v) is 3.76. The predicted molar refractivity (Wildman–Crippen MR) is 92.6 cm³/mol. The Kier molecular flexibility index (Phi) is 4.61. The summed E-state index contributed by atoms with van der Waals surface area (Å²) in [7, 11) is 0. The summed E-state index contributed by atoms with van der Waals surface area (Å²) in [5.74, 6) is -1.55. The van der Waals surface area contributed by atoms with Gasteiger partial charge in [0.25, 0.3) is 5.91 Å². The second kappa shape index (κ2) is 7.00. The number of rotatable bonds is 5. The van der Waals surface area contributed by atoms with Crippen molar-refractivity contribution in [1.82, 2.24) is 15.1 Å². The first kappa shape index (κ1) is 16.4. The second-order valence-electron chi connectivity index (χ2n) is 5.66. The van der Waals surface area contributed by atoms with Crippen LogP contribution in [0.4, 0.5) is 0 Å². The molecule has 0 aliphatic heterocycles. The van der Waals surface area contributed by atoms with Gasteiger partial charge in [0.2, 0.25) is 0 Å². The Balaban J connectivity index is 1.77. The highest BCUT2D eigenvalue weighted by Crippen LogP contribution is 2.15. The number of aliphatic carboxylic acids is 1. The fourth-order valence-electron chi connectivity index (χ4n) is 2.47. The van der Waals surface area contributed by atoms with Gasteiger partial charge in [-0.25, -0.2) is 9.48 Å². The Morgan fingerprint density at radius 3 is 2.32 bits per heavy atom. The average Bonchev–Trinajstić information content (AvgIpc) is 3.06. The van der Waals surface area contributed by atoms with Crippen molar-refractivity contribution < 1.29 is 14.7 Å². The highest BCUT2D eigenvalue weighted by molar-refractivity contribution is 5.97. The van der Waals surface area contributed by atoms with Gasteiger partial charge in [-0.1, -0.05) is 30.3 Å². The van der Waals surface area contributed by atoms with Gasteiger partial charge in [0, 0.05) is 11.8 Å². The molecule has 3 rings (SSSR count). The Hall–Kier alpha value is -3.41. The van der Waals surface area contributed by atoms with E-state index in [1.807, 2.05) is 13.1 Å². The van der Waals surface area contributed by atoms with E-state index in [1.54, 1.807) is 65.5 Å². The molecular weight excluding hydrogens is 318 g/mol. The summed E-state index contributed by atoms with van der Waals surface area (Å²) >= 11 is 0. The van der Waals surface area contributed by atoms with Crippen LogP contribution in [0.1, 0.15) is 27.5 Å². The summed E-state index contributed by atoms with van der Waals surface area (Å²) in [6, 6.07) is 14.3. The maximum atomic E-state index is 12.4. The van der Waals surface area contributed by atoms with Gasteiger partial charge in [0.15, 0.2) is 6.04 Å². The van der Waals surface area contributed by atoms with Crippen molar-refractivity contribution in [3.63, 3.8) is 0 Å². The highest BCUT2D eigenvalue weighted by Gasteiger charge is 2.22. The number of aryl methyl sites for hydroxylation is 1. The molecule has 0 unspecified atom stereocenters. The average molecular weight is 335 g/mol. The quantitative estimate of drug-likeness (QED) is 0.751. The van der Waals surface area contributed by atoms with Gasteiger partial charge in [0.1, 0.15) is 0 Å². The normalized spacial score (nSPS) is 11.7. The van der Waals surface area contributed by atoms with Crippen molar-refractivity contribution >= 4 is 11.9 Å². The van der Waals surface area contributed by atoms with Gasteiger partial charge in [-0.2, -0.15) is 5.10 Å². The van der Waals surface area contributed by atoms with Crippen LogP contribution in [-0.2, 0) is 4.79 Å². The smallest absolute Gasteiger partial charge is 0.330 e. The third kappa shape index (κ3) is 3.74. The molecule has 0 aliphatic rings. The number of carbonyl (C=O) groups is 2. The SMILES string of the molecule is Cc1cnn(-c2ccc(C(=O)N[C@H](C(=O)O)c3ccccc3)cc2)c1. The van der Waals surface area contributed by atoms with Gasteiger partial charge < -0.3 is 10.4 Å². The fraction of sp³-hybridized carbons (Fsp3) is 0.105. The molecular formula is C19H17N3O3. The molecule has 2 aromatic carbocycles. The van der Waals surface area contributed by atoms with E-state index in [9.17, 15) is 14.7 Å². The number of carboxylic acids is 1. The summed E-state index contributed by atoms with van der Waals surface area (Å²) in [6.45, 7) is 1.95. The minimum atomic E-state index is -1.11. The molecule has 0 spiro atoms. The topological polar surface area (TPSA) is 84.2 Å². The molecule has 1 aromatic heterocycles. The van der Waals surface area contributed by atoms with E-state index in [0.29, 0.717) is 11.1 Å². The maximum Gasteiger partial charge on any atom is 0.330 e. The van der Waals surface area contributed by atoms with E-state index in [4.69, 9.17) is 0 Å². The largest absolute Gasteiger partial charge is 0.479 e. The molecule has 1 heterocycles. The van der Waals surface area contributed by atoms with Crippen molar-refractivity contribution in [2.45, 2.75) is 13.0 Å². The lowest BCUT2D eigenvalue weighted by molar-refractivity contribution is -0.139. The first-order valence-electron chi connectivity index (χ1n) is 7.75. The zero-order valence-electron chi connectivity index (χ0n) is 13.6. The van der Waals surface area contributed by atoms with Crippen LogP contribution >= 0.6 is 0 Å². The standard InChI is InChI=1S/C19H17N3O3/c1-13-11-20-22(12-13)16-9-7-15(8-10-16)18(23)21-17(19(24)25)14-5-3-2-4-6-14/h2-12,17H,1H3,(H,21,23)(H,24,25)/t17-/m0/s1. The highest BCUT2D eigenvalue weighted by atomic mass is 16.4. The lowest BCUT2D eigenvalue weighted by Gasteiger charge is -2.15. The van der Waals surface area contributed by atoms with Crippen LogP contribution in [0.15, 0.2) is 67.0 Å². The number of nitrogens with one attached hydrogen (secondary N) is 1. The van der Waals surface area contributed by atoms with E-state index in [2.05, 4.69) is 10.4 Å². The lowest BCUT2D eigenvalue weighted by atomic mass is 10.1. The maximum absolute atomic E-state index is 12.4. The van der Waals surface area contributed by atoms with Gasteiger partial charge in [-0.3, -0.25) is 4.79 Å². The van der Waals surface area contributed by atoms with Crippen molar-refractivity contribution in [2.75, 3.05) is 0 Å². The van der Waals surface area contributed by atoms with Gasteiger partial charge >= 0.3 is 5.97 Å². The molecule has 2 N–H and O–H groups in total. The number of benzene rings is 2. The molecule has 6 nitrogen and oxygen atoms in total. The summed E-state index contributed by atoms with van der Waals surface area (Å²) in [5, 5.41) is 16.2. The van der Waals surface area contributed by atoms with Gasteiger partial charge in [-0.15, -0.1) is 0 Å². The second-order valence-corrected chi connectivity index (χ2v) is 5.66. The van der Waals surface area contributed by atoms with Crippen molar-refractivity contribution in [3.05, 3.63) is 83.7 Å². The van der Waals surface area contributed by atoms with E-state index in [-0.39, 0.29) is 0 Å². The molecule has 0 bridgehead atoms. The van der Waals surface area contributed by atoms with Crippen LogP contribution in [0.2, 0.25) is 0 Å². The summed E-state index contributed by atoms with van der Waals surface area (Å²) in [6.07, 6.45) is 3.63. The van der Waals surface area contributed by atoms with Crippen LogP contribution in [0, 0.1) is 6.92 Å². The zero-order chi connectivity index (χ0) is 17.8. The van der Waals surface area contributed by atoms with Crippen LogP contribution < -0.4 is 5.32 Å². The Morgan fingerprint density at radius 1 is 1.08 bits per heavy atom. The number of aromatic nitrogens is 2. The first-order chi connectivity index (χ1) is 12.0. The number of carbonyl (C=O) groups excluding carboxylic acids is 1. The Labute approximate surface area is 144 Å².